The topological polar surface area (TPSA) is 80.4 Å². The molecule has 3 N–H and O–H groups in total. The number of likely N-dealkylation sites (tertiary alicyclic amines) is 1. The van der Waals surface area contributed by atoms with E-state index in [1.807, 2.05) is 16.7 Å². The van der Waals surface area contributed by atoms with Crippen molar-refractivity contribution in [1.29, 1.82) is 0 Å². The molecule has 0 saturated carbocycles. The van der Waals surface area contributed by atoms with Gasteiger partial charge in [-0.05, 0) is 42.7 Å². The number of nitrogens with zero attached hydrogens (tertiary/aromatic N) is 2. The van der Waals surface area contributed by atoms with E-state index in [9.17, 15) is 9.59 Å². The molecular weight excluding hydrogens is 316 g/mol. The molecule has 1 amide bonds. The normalized spacial score (nSPS) is 22.2. The van der Waals surface area contributed by atoms with Gasteiger partial charge in [-0.15, -0.1) is 0 Å². The standard InChI is InChI=1S/C19H22N4O2/c20-15-4-6-16(7-5-15)21-18(24)12-22-9-13-8-14(11-22)17-2-1-3-19(25)23(17)10-13/h1-7,13-14H,8-12,20H2,(H,21,24)/t13-,14-/m0/s1. The molecular formula is C19H22N4O2. The Labute approximate surface area is 146 Å². The Bertz CT molecular complexity index is 843. The van der Waals surface area contributed by atoms with Gasteiger partial charge in [-0.3, -0.25) is 14.5 Å². The van der Waals surface area contributed by atoms with Crippen LogP contribution in [0.5, 0.6) is 0 Å². The molecule has 2 aliphatic heterocycles. The second-order valence-corrected chi connectivity index (χ2v) is 7.06. The zero-order valence-corrected chi connectivity index (χ0v) is 14.0. The molecule has 1 aromatic heterocycles. The number of nitrogens with two attached hydrogens (primary N) is 1. The highest BCUT2D eigenvalue weighted by atomic mass is 16.2. The summed E-state index contributed by atoms with van der Waals surface area (Å²) in [6, 6.07) is 12.7. The summed E-state index contributed by atoms with van der Waals surface area (Å²) in [5.74, 6) is 0.733. The number of nitrogens with one attached hydrogen (secondary N) is 1. The van der Waals surface area contributed by atoms with Crippen molar-refractivity contribution in [2.45, 2.75) is 18.9 Å². The first-order chi connectivity index (χ1) is 12.1. The van der Waals surface area contributed by atoms with Gasteiger partial charge in [0.05, 0.1) is 6.54 Å². The number of nitrogen functional groups attached to an aromatic ring is 1. The Balaban J connectivity index is 1.43. The fourth-order valence-electron chi connectivity index (χ4n) is 4.09. The number of anilines is 2. The van der Waals surface area contributed by atoms with Crippen molar-refractivity contribution in [1.82, 2.24) is 9.47 Å². The van der Waals surface area contributed by atoms with E-state index in [1.54, 1.807) is 30.3 Å². The number of piperidine rings is 1. The van der Waals surface area contributed by atoms with Gasteiger partial charge >= 0.3 is 0 Å². The van der Waals surface area contributed by atoms with Gasteiger partial charge in [-0.1, -0.05) is 6.07 Å². The number of aromatic nitrogens is 1. The Hall–Kier alpha value is -2.60. The fraction of sp³-hybridized carbons (Fsp3) is 0.368. The maximum absolute atomic E-state index is 12.3. The molecule has 0 spiro atoms. The second kappa shape index (κ2) is 6.37. The minimum atomic E-state index is -0.0183. The van der Waals surface area contributed by atoms with Crippen LogP contribution in [0.15, 0.2) is 47.3 Å². The van der Waals surface area contributed by atoms with Gasteiger partial charge in [0.25, 0.3) is 5.56 Å². The molecule has 2 aromatic rings. The smallest absolute Gasteiger partial charge is 0.250 e. The molecule has 0 radical (unpaired) electrons. The van der Waals surface area contributed by atoms with Gasteiger partial charge < -0.3 is 15.6 Å². The van der Waals surface area contributed by atoms with Crippen LogP contribution in [0.4, 0.5) is 11.4 Å². The number of benzene rings is 1. The zero-order chi connectivity index (χ0) is 17.4. The molecule has 1 fully saturated rings. The number of rotatable bonds is 3. The van der Waals surface area contributed by atoms with Crippen molar-refractivity contribution in [3.05, 3.63) is 58.5 Å². The van der Waals surface area contributed by atoms with Crippen LogP contribution in [-0.4, -0.2) is 35.0 Å². The van der Waals surface area contributed by atoms with E-state index >= 15 is 0 Å². The van der Waals surface area contributed by atoms with Gasteiger partial charge in [0.1, 0.15) is 0 Å². The van der Waals surface area contributed by atoms with Crippen LogP contribution in [0, 0.1) is 5.92 Å². The lowest BCUT2D eigenvalue weighted by molar-refractivity contribution is -0.117. The van der Waals surface area contributed by atoms with Crippen LogP contribution in [0.1, 0.15) is 18.0 Å². The van der Waals surface area contributed by atoms with Crippen molar-refractivity contribution in [3.8, 4) is 0 Å². The molecule has 2 aliphatic rings. The number of carbonyl (C=O) groups is 1. The molecule has 4 rings (SSSR count). The summed E-state index contributed by atoms with van der Waals surface area (Å²) < 4.78 is 1.91. The zero-order valence-electron chi connectivity index (χ0n) is 14.0. The summed E-state index contributed by atoms with van der Waals surface area (Å²) in [6.07, 6.45) is 1.10. The van der Waals surface area contributed by atoms with Gasteiger partial charge in [0.2, 0.25) is 5.91 Å². The summed E-state index contributed by atoms with van der Waals surface area (Å²) in [5.41, 5.74) is 8.29. The Morgan fingerprint density at radius 2 is 1.92 bits per heavy atom. The monoisotopic (exact) mass is 338 g/mol. The summed E-state index contributed by atoms with van der Waals surface area (Å²) in [4.78, 5) is 26.6. The average molecular weight is 338 g/mol. The van der Waals surface area contributed by atoms with Crippen molar-refractivity contribution in [2.75, 3.05) is 30.7 Å². The minimum absolute atomic E-state index is 0.0183. The molecule has 1 saturated heterocycles. The van der Waals surface area contributed by atoms with E-state index in [4.69, 9.17) is 5.73 Å². The van der Waals surface area contributed by atoms with Crippen molar-refractivity contribution in [3.63, 3.8) is 0 Å². The third-order valence-electron chi connectivity index (χ3n) is 5.12. The predicted molar refractivity (Wildman–Crippen MR) is 97.5 cm³/mol. The number of hydrogen-bond acceptors (Lipinski definition) is 4. The molecule has 6 nitrogen and oxygen atoms in total. The number of fused-ring (bicyclic) bond motifs is 4. The molecule has 0 aliphatic carbocycles. The summed E-state index contributed by atoms with van der Waals surface area (Å²) >= 11 is 0. The number of amides is 1. The van der Waals surface area contributed by atoms with E-state index in [0.29, 0.717) is 24.1 Å². The van der Waals surface area contributed by atoms with Gasteiger partial charge in [-0.25, -0.2) is 0 Å². The molecule has 1 aromatic carbocycles. The first-order valence-electron chi connectivity index (χ1n) is 8.66. The second-order valence-electron chi connectivity index (χ2n) is 7.06. The third kappa shape index (κ3) is 3.30. The van der Waals surface area contributed by atoms with Crippen LogP contribution in [-0.2, 0) is 11.3 Å². The molecule has 2 bridgehead atoms. The SMILES string of the molecule is Nc1ccc(NC(=O)CN2C[C@@H]3C[C@@H](C2)c2cccc(=O)n2C3)cc1. The number of hydrogen-bond donors (Lipinski definition) is 2. The highest BCUT2D eigenvalue weighted by Crippen LogP contribution is 2.34. The number of pyridine rings is 1. The summed E-state index contributed by atoms with van der Waals surface area (Å²) in [6.45, 7) is 2.79. The largest absolute Gasteiger partial charge is 0.399 e. The lowest BCUT2D eigenvalue weighted by Gasteiger charge is -2.42. The highest BCUT2D eigenvalue weighted by molar-refractivity contribution is 5.92. The van der Waals surface area contributed by atoms with Gasteiger partial charge in [-0.2, -0.15) is 0 Å². The van der Waals surface area contributed by atoms with Crippen LogP contribution in [0.2, 0.25) is 0 Å². The van der Waals surface area contributed by atoms with E-state index in [2.05, 4.69) is 10.2 Å². The minimum Gasteiger partial charge on any atom is -0.399 e. The molecule has 25 heavy (non-hydrogen) atoms. The van der Waals surface area contributed by atoms with Crippen LogP contribution in [0.3, 0.4) is 0 Å². The van der Waals surface area contributed by atoms with E-state index in [1.165, 1.54) is 0 Å². The molecule has 0 unspecified atom stereocenters. The first kappa shape index (κ1) is 15.9. The molecule has 130 valence electrons. The van der Waals surface area contributed by atoms with E-state index in [-0.39, 0.29) is 11.5 Å². The summed E-state index contributed by atoms with van der Waals surface area (Å²) in [5, 5.41) is 2.92. The maximum atomic E-state index is 12.3. The van der Waals surface area contributed by atoms with Gasteiger partial charge in [0, 0.05) is 48.7 Å². The Kier molecular flexibility index (Phi) is 4.05. The Morgan fingerprint density at radius 1 is 1.12 bits per heavy atom. The molecule has 6 heteroatoms. The quantitative estimate of drug-likeness (QED) is 0.831. The molecule has 3 heterocycles. The van der Waals surface area contributed by atoms with Crippen molar-refractivity contribution >= 4 is 17.3 Å². The summed E-state index contributed by atoms with van der Waals surface area (Å²) in [7, 11) is 0. The van der Waals surface area contributed by atoms with E-state index < -0.39 is 0 Å². The third-order valence-corrected chi connectivity index (χ3v) is 5.12. The van der Waals surface area contributed by atoms with E-state index in [0.717, 1.165) is 37.4 Å². The van der Waals surface area contributed by atoms with Crippen LogP contribution < -0.4 is 16.6 Å². The van der Waals surface area contributed by atoms with Crippen LogP contribution in [0.25, 0.3) is 0 Å². The van der Waals surface area contributed by atoms with Crippen molar-refractivity contribution in [2.24, 2.45) is 5.92 Å². The van der Waals surface area contributed by atoms with Crippen LogP contribution >= 0.6 is 0 Å². The van der Waals surface area contributed by atoms with Gasteiger partial charge in [0.15, 0.2) is 0 Å². The fourth-order valence-corrected chi connectivity index (χ4v) is 4.09. The predicted octanol–water partition coefficient (Wildman–Crippen LogP) is 1.49. The average Bonchev–Trinajstić information content (AvgIpc) is 2.58. The Morgan fingerprint density at radius 3 is 2.72 bits per heavy atom. The first-order valence-corrected chi connectivity index (χ1v) is 8.66. The molecule has 2 atom stereocenters. The lowest BCUT2D eigenvalue weighted by atomic mass is 9.83. The maximum Gasteiger partial charge on any atom is 0.250 e. The highest BCUT2D eigenvalue weighted by Gasteiger charge is 2.34. The number of carbonyl (C=O) groups excluding carboxylic acids is 1. The van der Waals surface area contributed by atoms with Crippen molar-refractivity contribution < 1.29 is 4.79 Å². The lowest BCUT2D eigenvalue weighted by Crippen LogP contribution is -2.49.